The van der Waals surface area contributed by atoms with Gasteiger partial charge in [0.2, 0.25) is 0 Å². The Morgan fingerprint density at radius 2 is 2.10 bits per heavy atom. The van der Waals surface area contributed by atoms with Gasteiger partial charge in [0.1, 0.15) is 11.9 Å². The highest BCUT2D eigenvalue weighted by atomic mass is 32.2. The van der Waals surface area contributed by atoms with Crippen LogP contribution in [0.1, 0.15) is 23.2 Å². The van der Waals surface area contributed by atoms with Crippen LogP contribution in [0.15, 0.2) is 18.2 Å². The summed E-state index contributed by atoms with van der Waals surface area (Å²) in [5.41, 5.74) is 5.51. The van der Waals surface area contributed by atoms with Crippen LogP contribution in [0, 0.1) is 11.7 Å². The fourth-order valence-electron chi connectivity index (χ4n) is 2.53. The molecular weight excluding hydrogens is 295 g/mol. The third kappa shape index (κ3) is 2.57. The van der Waals surface area contributed by atoms with Crippen LogP contribution < -0.4 is 5.73 Å². The van der Waals surface area contributed by atoms with E-state index in [9.17, 15) is 19.1 Å². The predicted octanol–water partition coefficient (Wildman–Crippen LogP) is 1.79. The summed E-state index contributed by atoms with van der Waals surface area (Å²) >= 11 is 1.49. The van der Waals surface area contributed by atoms with Crippen molar-refractivity contribution in [2.45, 2.75) is 24.3 Å². The average Bonchev–Trinajstić information content (AvgIpc) is 3.19. The maximum absolute atomic E-state index is 13.5. The van der Waals surface area contributed by atoms with Crippen molar-refractivity contribution in [3.05, 3.63) is 29.6 Å². The van der Waals surface area contributed by atoms with Gasteiger partial charge in [0, 0.05) is 11.3 Å². The molecule has 3 rings (SSSR count). The molecule has 5 nitrogen and oxygen atoms in total. The van der Waals surface area contributed by atoms with Crippen molar-refractivity contribution in [3.8, 4) is 0 Å². The molecule has 1 saturated carbocycles. The van der Waals surface area contributed by atoms with Gasteiger partial charge in [0.15, 0.2) is 0 Å². The minimum Gasteiger partial charge on any atom is -0.480 e. The second kappa shape index (κ2) is 5.22. The summed E-state index contributed by atoms with van der Waals surface area (Å²) in [6.07, 6.45) is 2.01. The number of carboxylic acid groups (broad SMARTS) is 1. The molecule has 2 atom stereocenters. The van der Waals surface area contributed by atoms with Gasteiger partial charge in [-0.15, -0.1) is 11.8 Å². The summed E-state index contributed by atoms with van der Waals surface area (Å²) in [6.45, 7) is 0. The van der Waals surface area contributed by atoms with Crippen LogP contribution >= 0.6 is 11.8 Å². The highest BCUT2D eigenvalue weighted by Crippen LogP contribution is 2.45. The molecular formula is C14H15FN2O3S. The SMILES string of the molecule is Nc1ccc(C(=O)N2C(C(=O)O)CSC2C2CC2)cc1F. The molecule has 2 unspecified atom stereocenters. The number of amides is 1. The lowest BCUT2D eigenvalue weighted by molar-refractivity contribution is -0.141. The van der Waals surface area contributed by atoms with Crippen LogP contribution in [-0.2, 0) is 4.79 Å². The second-order valence-electron chi connectivity index (χ2n) is 5.36. The van der Waals surface area contributed by atoms with Crippen molar-refractivity contribution in [1.29, 1.82) is 0 Å². The third-order valence-corrected chi connectivity index (χ3v) is 5.29. The Labute approximate surface area is 125 Å². The van der Waals surface area contributed by atoms with Crippen LogP contribution in [0.2, 0.25) is 0 Å². The van der Waals surface area contributed by atoms with Crippen molar-refractivity contribution in [2.24, 2.45) is 5.92 Å². The van der Waals surface area contributed by atoms with Gasteiger partial charge in [-0.2, -0.15) is 0 Å². The van der Waals surface area contributed by atoms with E-state index in [1.54, 1.807) is 0 Å². The standard InChI is InChI=1S/C14H15FN2O3S/c15-9-5-8(3-4-10(9)16)12(18)17-11(14(19)20)6-21-13(17)7-1-2-7/h3-5,7,11,13H,1-2,6,16H2,(H,19,20). The summed E-state index contributed by atoms with van der Waals surface area (Å²) in [4.78, 5) is 25.4. The first kappa shape index (κ1) is 14.2. The monoisotopic (exact) mass is 310 g/mol. The number of nitrogens with two attached hydrogens (primary N) is 1. The molecule has 3 N–H and O–H groups in total. The van der Waals surface area contributed by atoms with E-state index in [1.165, 1.54) is 28.8 Å². The normalized spacial score (nSPS) is 25.1. The number of hydrogen-bond acceptors (Lipinski definition) is 4. The molecule has 112 valence electrons. The molecule has 2 aliphatic rings. The lowest BCUT2D eigenvalue weighted by atomic mass is 10.1. The first-order valence-electron chi connectivity index (χ1n) is 6.71. The first-order chi connectivity index (χ1) is 9.99. The molecule has 21 heavy (non-hydrogen) atoms. The van der Waals surface area contributed by atoms with E-state index in [1.807, 2.05) is 0 Å². The number of carboxylic acids is 1. The van der Waals surface area contributed by atoms with Gasteiger partial charge in [-0.1, -0.05) is 0 Å². The van der Waals surface area contributed by atoms with Crippen LogP contribution in [-0.4, -0.2) is 39.1 Å². The van der Waals surface area contributed by atoms with Crippen LogP contribution in [0.3, 0.4) is 0 Å². The minimum atomic E-state index is -1.02. The van der Waals surface area contributed by atoms with E-state index in [0.29, 0.717) is 11.7 Å². The molecule has 2 fully saturated rings. The lowest BCUT2D eigenvalue weighted by Gasteiger charge is -2.27. The number of benzene rings is 1. The number of carbonyl (C=O) groups excluding carboxylic acids is 1. The third-order valence-electron chi connectivity index (χ3n) is 3.83. The zero-order valence-corrected chi connectivity index (χ0v) is 12.0. The van der Waals surface area contributed by atoms with E-state index in [-0.39, 0.29) is 16.6 Å². The van der Waals surface area contributed by atoms with Gasteiger partial charge >= 0.3 is 5.97 Å². The van der Waals surface area contributed by atoms with Gasteiger partial charge in [0.25, 0.3) is 5.91 Å². The molecule has 0 radical (unpaired) electrons. The summed E-state index contributed by atoms with van der Waals surface area (Å²) in [7, 11) is 0. The Balaban J connectivity index is 1.91. The van der Waals surface area contributed by atoms with E-state index >= 15 is 0 Å². The van der Waals surface area contributed by atoms with Gasteiger partial charge < -0.3 is 15.7 Å². The van der Waals surface area contributed by atoms with Crippen molar-refractivity contribution in [3.63, 3.8) is 0 Å². The van der Waals surface area contributed by atoms with Crippen molar-refractivity contribution in [2.75, 3.05) is 11.5 Å². The minimum absolute atomic E-state index is 0.0316. The number of rotatable bonds is 3. The Hall–Kier alpha value is -1.76. The van der Waals surface area contributed by atoms with E-state index in [4.69, 9.17) is 5.73 Å². The Kier molecular flexibility index (Phi) is 3.52. The Morgan fingerprint density at radius 3 is 2.67 bits per heavy atom. The number of nitrogens with zero attached hydrogens (tertiary/aromatic N) is 1. The predicted molar refractivity (Wildman–Crippen MR) is 77.4 cm³/mol. The summed E-state index contributed by atoms with van der Waals surface area (Å²) in [5.74, 6) is -1.40. The molecule has 1 aromatic rings. The van der Waals surface area contributed by atoms with Gasteiger partial charge in [-0.3, -0.25) is 4.79 Å². The number of hydrogen-bond donors (Lipinski definition) is 2. The quantitative estimate of drug-likeness (QED) is 0.832. The molecule has 0 bridgehead atoms. The molecule has 1 aliphatic heterocycles. The maximum atomic E-state index is 13.5. The van der Waals surface area contributed by atoms with E-state index in [0.717, 1.165) is 18.9 Å². The Bertz CT molecular complexity index is 606. The van der Waals surface area contributed by atoms with Gasteiger partial charge in [0.05, 0.1) is 11.1 Å². The maximum Gasteiger partial charge on any atom is 0.327 e. The molecule has 1 saturated heterocycles. The highest BCUT2D eigenvalue weighted by Gasteiger charge is 2.48. The topological polar surface area (TPSA) is 83.6 Å². The number of anilines is 1. The molecule has 1 aliphatic carbocycles. The zero-order chi connectivity index (χ0) is 15.1. The first-order valence-corrected chi connectivity index (χ1v) is 7.76. The van der Waals surface area contributed by atoms with Crippen LogP contribution in [0.5, 0.6) is 0 Å². The second-order valence-corrected chi connectivity index (χ2v) is 6.51. The van der Waals surface area contributed by atoms with E-state index < -0.39 is 23.7 Å². The largest absolute Gasteiger partial charge is 0.480 e. The van der Waals surface area contributed by atoms with Crippen LogP contribution in [0.25, 0.3) is 0 Å². The molecule has 1 heterocycles. The molecule has 1 amide bonds. The fraction of sp³-hybridized carbons (Fsp3) is 0.429. The zero-order valence-electron chi connectivity index (χ0n) is 11.2. The fourth-order valence-corrected chi connectivity index (χ4v) is 4.16. The summed E-state index contributed by atoms with van der Waals surface area (Å²) in [6, 6.07) is 2.98. The van der Waals surface area contributed by atoms with Gasteiger partial charge in [-0.05, 0) is 37.0 Å². The average molecular weight is 310 g/mol. The summed E-state index contributed by atoms with van der Waals surface area (Å²) in [5, 5.41) is 9.17. The number of halogens is 1. The number of nitrogen functional groups attached to an aromatic ring is 1. The molecule has 7 heteroatoms. The summed E-state index contributed by atoms with van der Waals surface area (Å²) < 4.78 is 13.5. The molecule has 1 aromatic carbocycles. The van der Waals surface area contributed by atoms with Crippen molar-refractivity contribution >= 4 is 29.3 Å². The number of aliphatic carboxylic acids is 1. The van der Waals surface area contributed by atoms with Crippen molar-refractivity contribution in [1.82, 2.24) is 4.90 Å². The highest BCUT2D eigenvalue weighted by molar-refractivity contribution is 8.00. The van der Waals surface area contributed by atoms with Crippen molar-refractivity contribution < 1.29 is 19.1 Å². The smallest absolute Gasteiger partial charge is 0.327 e. The van der Waals surface area contributed by atoms with E-state index in [2.05, 4.69) is 0 Å². The number of thioether (sulfide) groups is 1. The molecule has 0 spiro atoms. The molecule has 0 aromatic heterocycles. The van der Waals surface area contributed by atoms with Gasteiger partial charge in [-0.25, -0.2) is 9.18 Å². The lowest BCUT2D eigenvalue weighted by Crippen LogP contribution is -2.46. The van der Waals surface area contributed by atoms with Crippen LogP contribution in [0.4, 0.5) is 10.1 Å². The Morgan fingerprint density at radius 1 is 1.38 bits per heavy atom. The number of carbonyl (C=O) groups is 2.